The summed E-state index contributed by atoms with van der Waals surface area (Å²) in [5, 5.41) is 0. The first-order valence-electron chi connectivity index (χ1n) is 4.71. The zero-order valence-electron chi connectivity index (χ0n) is 9.78. The van der Waals surface area contributed by atoms with Gasteiger partial charge in [0.25, 0.3) is 0 Å². The van der Waals surface area contributed by atoms with Crippen LogP contribution in [0.3, 0.4) is 0 Å². The van der Waals surface area contributed by atoms with Gasteiger partial charge in [0.2, 0.25) is 5.75 Å². The molecule has 0 radical (unpaired) electrons. The fraction of sp³-hybridized carbons (Fsp3) is 0.364. The van der Waals surface area contributed by atoms with Crippen LogP contribution in [0.15, 0.2) is 12.1 Å². The monoisotopic (exact) mass is 352 g/mol. The molecule has 94 valence electrons. The van der Waals surface area contributed by atoms with E-state index in [0.29, 0.717) is 22.8 Å². The Morgan fingerprint density at radius 2 is 1.65 bits per heavy atom. The minimum absolute atomic E-state index is 0.285. The van der Waals surface area contributed by atoms with Crippen LogP contribution < -0.4 is 14.2 Å². The maximum absolute atomic E-state index is 11.6. The predicted octanol–water partition coefficient (Wildman–Crippen LogP) is 2.26. The number of hydrogen-bond acceptors (Lipinski definition) is 5. The first-order valence-corrected chi connectivity index (χ1v) is 6.23. The van der Waals surface area contributed by atoms with Crippen LogP contribution in [0.5, 0.6) is 17.2 Å². The second-order valence-electron chi connectivity index (χ2n) is 2.95. The minimum atomic E-state index is -0.432. The summed E-state index contributed by atoms with van der Waals surface area (Å²) < 4.78 is 20.6. The molecule has 0 fully saturated rings. The molecular weight excluding hydrogens is 339 g/mol. The van der Waals surface area contributed by atoms with Crippen molar-refractivity contribution in [3.63, 3.8) is 0 Å². The van der Waals surface area contributed by atoms with Gasteiger partial charge in [-0.15, -0.1) is 0 Å². The fourth-order valence-electron chi connectivity index (χ4n) is 1.33. The van der Waals surface area contributed by atoms with Crippen LogP contribution in [0.25, 0.3) is 0 Å². The van der Waals surface area contributed by atoms with E-state index in [1.807, 2.05) is 22.6 Å². The molecule has 17 heavy (non-hydrogen) atoms. The normalized spacial score (nSPS) is 9.65. The lowest BCUT2D eigenvalue weighted by Gasteiger charge is -2.13. The standard InChI is InChI=1S/C11H13IO5/c1-14-8-4-7(11(13)17-6-12)5-9(15-2)10(8)16-3/h4-5H,6H2,1-3H3. The number of benzene rings is 1. The molecule has 0 saturated carbocycles. The van der Waals surface area contributed by atoms with Gasteiger partial charge in [-0.3, -0.25) is 0 Å². The van der Waals surface area contributed by atoms with Crippen molar-refractivity contribution in [3.05, 3.63) is 17.7 Å². The zero-order chi connectivity index (χ0) is 12.8. The van der Waals surface area contributed by atoms with Gasteiger partial charge < -0.3 is 18.9 Å². The molecule has 0 amide bonds. The van der Waals surface area contributed by atoms with E-state index in [2.05, 4.69) is 0 Å². The Bertz CT molecular complexity index is 380. The Kier molecular flexibility index (Phi) is 5.33. The van der Waals surface area contributed by atoms with Gasteiger partial charge in [0, 0.05) is 0 Å². The molecule has 0 aliphatic carbocycles. The Labute approximate surface area is 113 Å². The number of halogens is 1. The quantitative estimate of drug-likeness (QED) is 0.462. The van der Waals surface area contributed by atoms with Crippen molar-refractivity contribution in [1.82, 2.24) is 0 Å². The Morgan fingerprint density at radius 3 is 2.00 bits per heavy atom. The summed E-state index contributed by atoms with van der Waals surface area (Å²) >= 11 is 1.95. The van der Waals surface area contributed by atoms with E-state index >= 15 is 0 Å². The van der Waals surface area contributed by atoms with Gasteiger partial charge in [-0.25, -0.2) is 4.79 Å². The van der Waals surface area contributed by atoms with Crippen molar-refractivity contribution in [3.8, 4) is 17.2 Å². The lowest BCUT2D eigenvalue weighted by atomic mass is 10.2. The van der Waals surface area contributed by atoms with Crippen LogP contribution in [0.1, 0.15) is 10.4 Å². The van der Waals surface area contributed by atoms with E-state index in [1.165, 1.54) is 21.3 Å². The second kappa shape index (κ2) is 6.53. The molecule has 6 heteroatoms. The molecule has 1 aromatic rings. The molecular formula is C11H13IO5. The lowest BCUT2D eigenvalue weighted by molar-refractivity contribution is 0.0589. The van der Waals surface area contributed by atoms with Crippen LogP contribution in [0.4, 0.5) is 0 Å². The maximum Gasteiger partial charge on any atom is 0.339 e. The molecule has 1 rings (SSSR count). The third-order valence-corrected chi connectivity index (χ3v) is 2.40. The van der Waals surface area contributed by atoms with Crippen molar-refractivity contribution < 1.29 is 23.7 Å². The Morgan fingerprint density at radius 1 is 1.12 bits per heavy atom. The number of carbonyl (C=O) groups excluding carboxylic acids is 1. The molecule has 0 atom stereocenters. The summed E-state index contributed by atoms with van der Waals surface area (Å²) in [7, 11) is 4.48. The van der Waals surface area contributed by atoms with E-state index in [-0.39, 0.29) is 4.61 Å². The number of rotatable bonds is 5. The molecule has 0 heterocycles. The van der Waals surface area contributed by atoms with Gasteiger partial charge in [-0.1, -0.05) is 0 Å². The van der Waals surface area contributed by atoms with E-state index in [1.54, 1.807) is 12.1 Å². The number of alkyl halides is 1. The van der Waals surface area contributed by atoms with Crippen LogP contribution in [0, 0.1) is 0 Å². The maximum atomic E-state index is 11.6. The van der Waals surface area contributed by atoms with E-state index in [9.17, 15) is 4.79 Å². The van der Waals surface area contributed by atoms with Crippen LogP contribution >= 0.6 is 22.6 Å². The summed E-state index contributed by atoms with van der Waals surface area (Å²) in [5.41, 5.74) is 0.358. The fourth-order valence-corrected chi connectivity index (χ4v) is 1.61. The van der Waals surface area contributed by atoms with E-state index < -0.39 is 5.97 Å². The highest BCUT2D eigenvalue weighted by Crippen LogP contribution is 2.38. The van der Waals surface area contributed by atoms with E-state index in [0.717, 1.165) is 0 Å². The molecule has 0 aliphatic heterocycles. The topological polar surface area (TPSA) is 54.0 Å². The van der Waals surface area contributed by atoms with Crippen molar-refractivity contribution in [2.24, 2.45) is 0 Å². The summed E-state index contributed by atoms with van der Waals surface area (Å²) in [6, 6.07) is 3.10. The number of ether oxygens (including phenoxy) is 4. The highest BCUT2D eigenvalue weighted by atomic mass is 127. The molecule has 0 N–H and O–H groups in total. The SMILES string of the molecule is COc1cc(C(=O)OCI)cc(OC)c1OC. The number of carbonyl (C=O) groups is 1. The van der Waals surface area contributed by atoms with Gasteiger partial charge in [0.15, 0.2) is 11.5 Å². The van der Waals surface area contributed by atoms with E-state index in [4.69, 9.17) is 18.9 Å². The van der Waals surface area contributed by atoms with Crippen LogP contribution in [-0.4, -0.2) is 31.9 Å². The molecule has 5 nitrogen and oxygen atoms in total. The smallest absolute Gasteiger partial charge is 0.339 e. The van der Waals surface area contributed by atoms with Crippen molar-refractivity contribution >= 4 is 28.6 Å². The van der Waals surface area contributed by atoms with Gasteiger partial charge in [-0.2, -0.15) is 0 Å². The first kappa shape index (κ1) is 13.9. The van der Waals surface area contributed by atoms with Crippen LogP contribution in [0.2, 0.25) is 0 Å². The third-order valence-electron chi connectivity index (χ3n) is 2.09. The lowest BCUT2D eigenvalue weighted by Crippen LogP contribution is -2.05. The van der Waals surface area contributed by atoms with Crippen molar-refractivity contribution in [1.29, 1.82) is 0 Å². The Hall–Kier alpha value is -1.18. The molecule has 0 bridgehead atoms. The second-order valence-corrected chi connectivity index (χ2v) is 3.58. The molecule has 0 aliphatic rings. The highest BCUT2D eigenvalue weighted by molar-refractivity contribution is 14.1. The number of esters is 1. The zero-order valence-corrected chi connectivity index (χ0v) is 11.9. The third kappa shape index (κ3) is 3.15. The summed E-state index contributed by atoms with van der Waals surface area (Å²) in [5.74, 6) is 0.860. The average Bonchev–Trinajstić information content (AvgIpc) is 2.37. The Balaban J connectivity index is 3.22. The molecule has 0 aromatic heterocycles. The van der Waals surface area contributed by atoms with Crippen molar-refractivity contribution in [2.45, 2.75) is 0 Å². The van der Waals surface area contributed by atoms with Gasteiger partial charge in [0.05, 0.1) is 26.9 Å². The summed E-state index contributed by atoms with van der Waals surface area (Å²) in [6.45, 7) is 0. The molecule has 0 saturated heterocycles. The minimum Gasteiger partial charge on any atom is -0.493 e. The van der Waals surface area contributed by atoms with Gasteiger partial charge in [-0.05, 0) is 34.7 Å². The van der Waals surface area contributed by atoms with Gasteiger partial charge in [0.1, 0.15) is 4.61 Å². The predicted molar refractivity (Wildman–Crippen MR) is 70.4 cm³/mol. The van der Waals surface area contributed by atoms with Gasteiger partial charge >= 0.3 is 5.97 Å². The van der Waals surface area contributed by atoms with Crippen molar-refractivity contribution in [2.75, 3.05) is 25.9 Å². The number of methoxy groups -OCH3 is 3. The molecule has 1 aromatic carbocycles. The van der Waals surface area contributed by atoms with Crippen LogP contribution in [-0.2, 0) is 4.74 Å². The first-order chi connectivity index (χ1) is 8.17. The highest BCUT2D eigenvalue weighted by Gasteiger charge is 2.17. The summed E-state index contributed by atoms with van der Waals surface area (Å²) in [4.78, 5) is 11.6. The largest absolute Gasteiger partial charge is 0.493 e. The molecule has 0 unspecified atom stereocenters. The molecule has 0 spiro atoms. The number of hydrogen-bond donors (Lipinski definition) is 0. The summed E-state index contributed by atoms with van der Waals surface area (Å²) in [6.07, 6.45) is 0. The average molecular weight is 352 g/mol.